The van der Waals surface area contributed by atoms with Crippen molar-refractivity contribution in [2.24, 2.45) is 0 Å². The van der Waals surface area contributed by atoms with Gasteiger partial charge in [0, 0.05) is 13.1 Å². The second kappa shape index (κ2) is 10.6. The first kappa shape index (κ1) is 19.0. The number of ether oxygens (including phenoxy) is 1. The van der Waals surface area contributed by atoms with Crippen LogP contribution in [-0.4, -0.2) is 50.1 Å². The van der Waals surface area contributed by atoms with Gasteiger partial charge in [-0.1, -0.05) is 31.0 Å². The standard InChI is InChI=1S/C17H27N3O3/c1-4-5-10-18-17(22)19-16(21)13-20(3)11-12-23-15-8-6-14(2)7-9-15/h6-9H,4-5,10-13H2,1-3H3,(H2,18,19,21,22). The molecule has 0 bridgehead atoms. The summed E-state index contributed by atoms with van der Waals surface area (Å²) in [5.41, 5.74) is 1.18. The van der Waals surface area contributed by atoms with Crippen molar-refractivity contribution < 1.29 is 14.3 Å². The molecular weight excluding hydrogens is 294 g/mol. The zero-order valence-electron chi connectivity index (χ0n) is 14.2. The molecule has 0 aliphatic rings. The fraction of sp³-hybridized carbons (Fsp3) is 0.529. The highest BCUT2D eigenvalue weighted by Gasteiger charge is 2.10. The highest BCUT2D eigenvalue weighted by molar-refractivity contribution is 5.95. The van der Waals surface area contributed by atoms with Crippen LogP contribution in [0.15, 0.2) is 24.3 Å². The van der Waals surface area contributed by atoms with Crippen LogP contribution in [0.25, 0.3) is 0 Å². The minimum Gasteiger partial charge on any atom is -0.492 e. The first-order chi connectivity index (χ1) is 11.0. The summed E-state index contributed by atoms with van der Waals surface area (Å²) in [4.78, 5) is 25.0. The molecule has 0 aliphatic carbocycles. The van der Waals surface area contributed by atoms with Gasteiger partial charge in [-0.25, -0.2) is 4.79 Å². The lowest BCUT2D eigenvalue weighted by Gasteiger charge is -2.16. The second-order valence-corrected chi connectivity index (χ2v) is 5.56. The average molecular weight is 321 g/mol. The van der Waals surface area contributed by atoms with E-state index in [-0.39, 0.29) is 12.5 Å². The molecule has 0 spiro atoms. The third-order valence-electron chi connectivity index (χ3n) is 3.25. The molecule has 0 aromatic heterocycles. The van der Waals surface area contributed by atoms with Gasteiger partial charge in [-0.2, -0.15) is 0 Å². The summed E-state index contributed by atoms with van der Waals surface area (Å²) in [6, 6.07) is 7.38. The summed E-state index contributed by atoms with van der Waals surface area (Å²) >= 11 is 0. The van der Waals surface area contributed by atoms with E-state index in [1.54, 1.807) is 0 Å². The van der Waals surface area contributed by atoms with Crippen molar-refractivity contribution in [3.63, 3.8) is 0 Å². The molecule has 2 N–H and O–H groups in total. The van der Waals surface area contributed by atoms with E-state index < -0.39 is 6.03 Å². The highest BCUT2D eigenvalue weighted by atomic mass is 16.5. The number of carbonyl (C=O) groups is 2. The number of hydrogen-bond donors (Lipinski definition) is 2. The molecule has 6 nitrogen and oxygen atoms in total. The summed E-state index contributed by atoms with van der Waals surface area (Å²) in [7, 11) is 1.81. The molecule has 6 heteroatoms. The lowest BCUT2D eigenvalue weighted by Crippen LogP contribution is -2.44. The van der Waals surface area contributed by atoms with Gasteiger partial charge in [0.15, 0.2) is 0 Å². The topological polar surface area (TPSA) is 70.7 Å². The minimum atomic E-state index is -0.437. The SMILES string of the molecule is CCCCNC(=O)NC(=O)CN(C)CCOc1ccc(C)cc1. The van der Waals surface area contributed by atoms with Gasteiger partial charge in [0.05, 0.1) is 6.54 Å². The number of amides is 3. The van der Waals surface area contributed by atoms with Crippen LogP contribution >= 0.6 is 0 Å². The van der Waals surface area contributed by atoms with Crippen molar-refractivity contribution in [1.29, 1.82) is 0 Å². The molecule has 0 saturated heterocycles. The Morgan fingerprint density at radius 1 is 1.22 bits per heavy atom. The number of imide groups is 1. The van der Waals surface area contributed by atoms with Gasteiger partial charge in [0.1, 0.15) is 12.4 Å². The summed E-state index contributed by atoms with van der Waals surface area (Å²) < 4.78 is 5.61. The van der Waals surface area contributed by atoms with E-state index in [4.69, 9.17) is 4.74 Å². The molecule has 0 unspecified atom stereocenters. The van der Waals surface area contributed by atoms with Crippen LogP contribution < -0.4 is 15.4 Å². The maximum absolute atomic E-state index is 11.7. The molecule has 0 aliphatic heterocycles. The number of carbonyl (C=O) groups excluding carboxylic acids is 2. The van der Waals surface area contributed by atoms with E-state index in [1.165, 1.54) is 5.56 Å². The van der Waals surface area contributed by atoms with Crippen molar-refractivity contribution >= 4 is 11.9 Å². The predicted octanol–water partition coefficient (Wildman–Crippen LogP) is 1.93. The summed E-state index contributed by atoms with van der Waals surface area (Å²) in [6.45, 7) is 5.87. The molecule has 3 amide bonds. The van der Waals surface area contributed by atoms with Crippen molar-refractivity contribution in [1.82, 2.24) is 15.5 Å². The normalized spacial score (nSPS) is 10.4. The Balaban J connectivity index is 2.17. The van der Waals surface area contributed by atoms with Gasteiger partial charge in [-0.15, -0.1) is 0 Å². The van der Waals surface area contributed by atoms with Crippen molar-refractivity contribution in [2.75, 3.05) is 33.3 Å². The molecule has 0 fully saturated rings. The van der Waals surface area contributed by atoms with Crippen LogP contribution in [0.4, 0.5) is 4.79 Å². The molecule has 1 aromatic carbocycles. The van der Waals surface area contributed by atoms with Crippen LogP contribution in [0, 0.1) is 6.92 Å². The Morgan fingerprint density at radius 2 is 1.91 bits per heavy atom. The molecule has 1 rings (SSSR count). The number of aryl methyl sites for hydroxylation is 1. The smallest absolute Gasteiger partial charge is 0.321 e. The first-order valence-electron chi connectivity index (χ1n) is 7.97. The third-order valence-corrected chi connectivity index (χ3v) is 3.25. The predicted molar refractivity (Wildman–Crippen MR) is 90.6 cm³/mol. The lowest BCUT2D eigenvalue weighted by atomic mass is 10.2. The minimum absolute atomic E-state index is 0.151. The summed E-state index contributed by atoms with van der Waals surface area (Å²) in [5.74, 6) is 0.487. The Hall–Kier alpha value is -2.08. The highest BCUT2D eigenvalue weighted by Crippen LogP contribution is 2.10. The van der Waals surface area contributed by atoms with Gasteiger partial charge in [-0.3, -0.25) is 15.0 Å². The van der Waals surface area contributed by atoms with E-state index in [1.807, 2.05) is 50.1 Å². The molecule has 0 saturated carbocycles. The Morgan fingerprint density at radius 3 is 2.57 bits per heavy atom. The molecule has 23 heavy (non-hydrogen) atoms. The number of hydrogen-bond acceptors (Lipinski definition) is 4. The van der Waals surface area contributed by atoms with Crippen molar-refractivity contribution in [3.05, 3.63) is 29.8 Å². The molecular formula is C17H27N3O3. The Kier molecular flexibility index (Phi) is 8.75. The van der Waals surface area contributed by atoms with E-state index in [9.17, 15) is 9.59 Å². The van der Waals surface area contributed by atoms with Gasteiger partial charge >= 0.3 is 6.03 Å². The van der Waals surface area contributed by atoms with Crippen molar-refractivity contribution in [2.45, 2.75) is 26.7 Å². The maximum atomic E-state index is 11.7. The number of urea groups is 1. The van der Waals surface area contributed by atoms with Gasteiger partial charge in [0.25, 0.3) is 0 Å². The zero-order valence-corrected chi connectivity index (χ0v) is 14.2. The molecule has 0 heterocycles. The number of benzene rings is 1. The fourth-order valence-corrected chi connectivity index (χ4v) is 1.87. The van der Waals surface area contributed by atoms with Gasteiger partial charge < -0.3 is 10.1 Å². The van der Waals surface area contributed by atoms with Crippen LogP contribution in [-0.2, 0) is 4.79 Å². The van der Waals surface area contributed by atoms with Gasteiger partial charge in [-0.05, 0) is 32.5 Å². The largest absolute Gasteiger partial charge is 0.492 e. The van der Waals surface area contributed by atoms with E-state index >= 15 is 0 Å². The summed E-state index contributed by atoms with van der Waals surface area (Å²) in [6.07, 6.45) is 1.90. The van der Waals surface area contributed by atoms with E-state index in [0.29, 0.717) is 19.7 Å². The van der Waals surface area contributed by atoms with Crippen LogP contribution in [0.1, 0.15) is 25.3 Å². The quantitative estimate of drug-likeness (QED) is 0.682. The monoisotopic (exact) mass is 321 g/mol. The number of nitrogens with one attached hydrogen (secondary N) is 2. The Labute approximate surface area is 138 Å². The zero-order chi connectivity index (χ0) is 17.1. The van der Waals surface area contributed by atoms with Crippen LogP contribution in [0.5, 0.6) is 5.75 Å². The number of rotatable bonds is 9. The van der Waals surface area contributed by atoms with Crippen LogP contribution in [0.3, 0.4) is 0 Å². The average Bonchev–Trinajstić information content (AvgIpc) is 2.49. The third kappa shape index (κ3) is 8.83. The molecule has 1 aromatic rings. The fourth-order valence-electron chi connectivity index (χ4n) is 1.87. The number of nitrogens with zero attached hydrogens (tertiary/aromatic N) is 1. The molecule has 128 valence electrons. The lowest BCUT2D eigenvalue weighted by molar-refractivity contribution is -0.120. The molecule has 0 atom stereocenters. The van der Waals surface area contributed by atoms with Crippen molar-refractivity contribution in [3.8, 4) is 5.75 Å². The molecule has 0 radical (unpaired) electrons. The maximum Gasteiger partial charge on any atom is 0.321 e. The first-order valence-corrected chi connectivity index (χ1v) is 7.97. The van der Waals surface area contributed by atoms with Gasteiger partial charge in [0.2, 0.25) is 5.91 Å². The van der Waals surface area contributed by atoms with E-state index in [0.717, 1.165) is 18.6 Å². The number of unbranched alkanes of at least 4 members (excludes halogenated alkanes) is 1. The Bertz CT molecular complexity index is 488. The van der Waals surface area contributed by atoms with E-state index in [2.05, 4.69) is 10.6 Å². The second-order valence-electron chi connectivity index (χ2n) is 5.56. The van der Waals surface area contributed by atoms with Crippen LogP contribution in [0.2, 0.25) is 0 Å². The summed E-state index contributed by atoms with van der Waals surface area (Å²) in [5, 5.41) is 4.96. The number of likely N-dealkylation sites (N-methyl/N-ethyl adjacent to an activating group) is 1.